The van der Waals surface area contributed by atoms with E-state index in [1.54, 1.807) is 0 Å². The zero-order valence-corrected chi connectivity index (χ0v) is 22.6. The molecule has 0 spiro atoms. The van der Waals surface area contributed by atoms with E-state index in [4.69, 9.17) is 4.98 Å². The minimum absolute atomic E-state index is 0.433. The van der Waals surface area contributed by atoms with Gasteiger partial charge >= 0.3 is 0 Å². The Kier molecular flexibility index (Phi) is 4.92. The van der Waals surface area contributed by atoms with E-state index in [1.165, 1.54) is 44.2 Å². The van der Waals surface area contributed by atoms with Crippen molar-refractivity contribution in [1.82, 2.24) is 9.55 Å². The fourth-order valence-electron chi connectivity index (χ4n) is 6.65. The number of halogens is 1. The number of para-hydroxylation sites is 1. The molecule has 5 aromatic carbocycles. The summed E-state index contributed by atoms with van der Waals surface area (Å²) in [5.74, 6) is 0.907. The molecule has 0 bridgehead atoms. The smallest absolute Gasteiger partial charge is 0.137 e. The highest BCUT2D eigenvalue weighted by Crippen LogP contribution is 2.57. The fraction of sp³-hybridized carbons (Fsp3) is 0.0278. The van der Waals surface area contributed by atoms with Crippen molar-refractivity contribution in [3.05, 3.63) is 166 Å². The second kappa shape index (κ2) is 8.52. The van der Waals surface area contributed by atoms with Crippen molar-refractivity contribution < 1.29 is 0 Å². The predicted octanol–water partition coefficient (Wildman–Crippen LogP) is 9.30. The lowest BCUT2D eigenvalue weighted by atomic mass is 9.67. The molecular formula is C36H23BrN2. The van der Waals surface area contributed by atoms with Gasteiger partial charge in [0.05, 0.1) is 16.4 Å². The van der Waals surface area contributed by atoms with Crippen molar-refractivity contribution in [2.45, 2.75) is 5.41 Å². The third kappa shape index (κ3) is 3.11. The molecule has 2 aromatic heterocycles. The van der Waals surface area contributed by atoms with E-state index in [2.05, 4.69) is 154 Å². The molecule has 2 nitrogen and oxygen atoms in total. The van der Waals surface area contributed by atoms with Gasteiger partial charge in [0.25, 0.3) is 0 Å². The van der Waals surface area contributed by atoms with Crippen LogP contribution in [-0.2, 0) is 5.41 Å². The van der Waals surface area contributed by atoms with Gasteiger partial charge in [-0.1, -0.05) is 103 Å². The molecule has 7 aromatic rings. The first-order valence-corrected chi connectivity index (χ1v) is 14.0. The molecule has 1 aliphatic carbocycles. The van der Waals surface area contributed by atoms with Gasteiger partial charge in [-0.3, -0.25) is 4.57 Å². The lowest BCUT2D eigenvalue weighted by molar-refractivity contribution is 0.769. The lowest BCUT2D eigenvalue weighted by Crippen LogP contribution is -2.28. The van der Waals surface area contributed by atoms with Crippen LogP contribution >= 0.6 is 15.9 Å². The van der Waals surface area contributed by atoms with E-state index in [9.17, 15) is 0 Å². The Labute approximate surface area is 235 Å². The summed E-state index contributed by atoms with van der Waals surface area (Å²) in [5.41, 5.74) is 9.63. The molecule has 0 fully saturated rings. The quantitative estimate of drug-likeness (QED) is 0.210. The van der Waals surface area contributed by atoms with E-state index in [1.807, 2.05) is 6.20 Å². The number of hydrogen-bond acceptors (Lipinski definition) is 1. The van der Waals surface area contributed by atoms with Gasteiger partial charge in [-0.05, 0) is 79.6 Å². The van der Waals surface area contributed by atoms with Crippen molar-refractivity contribution in [2.75, 3.05) is 0 Å². The third-order valence-electron chi connectivity index (χ3n) is 8.19. The molecule has 0 aliphatic heterocycles. The first-order chi connectivity index (χ1) is 19.3. The van der Waals surface area contributed by atoms with Crippen LogP contribution in [0.1, 0.15) is 22.3 Å². The van der Waals surface area contributed by atoms with Crippen LogP contribution in [0.5, 0.6) is 0 Å². The standard InChI is InChI=1S/C36H23BrN2/c37-26-19-20-35(38-23-26)39-33-18-10-8-16-28(33)30-21-29-27-15-7-9-17-31(27)36(32(29)22-34(30)39,24-11-3-1-4-12-24)25-13-5-2-6-14-25/h1-23H. The zero-order chi connectivity index (χ0) is 26.0. The maximum absolute atomic E-state index is 4.82. The minimum Gasteiger partial charge on any atom is -0.294 e. The van der Waals surface area contributed by atoms with Gasteiger partial charge < -0.3 is 0 Å². The molecule has 8 rings (SSSR count). The summed E-state index contributed by atoms with van der Waals surface area (Å²) in [5, 5.41) is 2.47. The SMILES string of the molecule is Brc1ccc(-n2c3ccccc3c3cc4c(cc32)C(c2ccccc2)(c2ccccc2)c2ccccc2-4)nc1. The van der Waals surface area contributed by atoms with E-state index in [0.29, 0.717) is 0 Å². The first-order valence-electron chi connectivity index (χ1n) is 13.2. The summed E-state index contributed by atoms with van der Waals surface area (Å²) in [6.07, 6.45) is 1.87. The van der Waals surface area contributed by atoms with E-state index in [-0.39, 0.29) is 0 Å². The Bertz CT molecular complexity index is 1970. The predicted molar refractivity (Wildman–Crippen MR) is 164 cm³/mol. The maximum Gasteiger partial charge on any atom is 0.137 e. The molecule has 0 atom stereocenters. The van der Waals surface area contributed by atoms with Gasteiger partial charge in [0.15, 0.2) is 0 Å². The highest BCUT2D eigenvalue weighted by Gasteiger charge is 2.46. The molecule has 1 aliphatic rings. The van der Waals surface area contributed by atoms with Gasteiger partial charge in [-0.15, -0.1) is 0 Å². The third-order valence-corrected chi connectivity index (χ3v) is 8.66. The molecule has 39 heavy (non-hydrogen) atoms. The molecule has 2 heterocycles. The molecule has 184 valence electrons. The summed E-state index contributed by atoms with van der Waals surface area (Å²) in [4.78, 5) is 4.82. The van der Waals surface area contributed by atoms with E-state index in [0.717, 1.165) is 21.3 Å². The van der Waals surface area contributed by atoms with Crippen LogP contribution in [-0.4, -0.2) is 9.55 Å². The Morgan fingerprint density at radius 1 is 0.538 bits per heavy atom. The molecule has 0 saturated carbocycles. The van der Waals surface area contributed by atoms with Gasteiger partial charge in [0, 0.05) is 21.4 Å². The number of aromatic nitrogens is 2. The second-order valence-electron chi connectivity index (χ2n) is 10.1. The van der Waals surface area contributed by atoms with Crippen LogP contribution in [0.15, 0.2) is 144 Å². The Hall–Kier alpha value is -4.47. The van der Waals surface area contributed by atoms with E-state index >= 15 is 0 Å². The highest BCUT2D eigenvalue weighted by molar-refractivity contribution is 9.10. The number of pyridine rings is 1. The molecule has 0 radical (unpaired) electrons. The average molecular weight is 563 g/mol. The minimum atomic E-state index is -0.433. The zero-order valence-electron chi connectivity index (χ0n) is 21.1. The van der Waals surface area contributed by atoms with Crippen LogP contribution in [0.2, 0.25) is 0 Å². The molecule has 0 amide bonds. The Morgan fingerprint density at radius 3 is 1.92 bits per heavy atom. The summed E-state index contributed by atoms with van der Waals surface area (Å²) in [6.45, 7) is 0. The van der Waals surface area contributed by atoms with Crippen LogP contribution < -0.4 is 0 Å². The molecule has 0 unspecified atom stereocenters. The van der Waals surface area contributed by atoms with Crippen molar-refractivity contribution in [1.29, 1.82) is 0 Å². The molecule has 0 saturated heterocycles. The van der Waals surface area contributed by atoms with Crippen LogP contribution in [0.3, 0.4) is 0 Å². The first kappa shape index (κ1) is 22.5. The van der Waals surface area contributed by atoms with Crippen molar-refractivity contribution in [2.24, 2.45) is 0 Å². The molecule has 3 heteroatoms. The number of hydrogen-bond donors (Lipinski definition) is 0. The van der Waals surface area contributed by atoms with Gasteiger partial charge in [-0.25, -0.2) is 4.98 Å². The maximum atomic E-state index is 4.82. The normalized spacial score (nSPS) is 13.5. The fourth-order valence-corrected chi connectivity index (χ4v) is 6.88. The monoisotopic (exact) mass is 562 g/mol. The van der Waals surface area contributed by atoms with Crippen molar-refractivity contribution >= 4 is 37.7 Å². The number of benzene rings is 5. The summed E-state index contributed by atoms with van der Waals surface area (Å²) >= 11 is 3.56. The largest absolute Gasteiger partial charge is 0.294 e. The highest BCUT2D eigenvalue weighted by atomic mass is 79.9. The van der Waals surface area contributed by atoms with Crippen molar-refractivity contribution in [3.8, 4) is 16.9 Å². The van der Waals surface area contributed by atoms with Gasteiger partial charge in [0.2, 0.25) is 0 Å². The summed E-state index contributed by atoms with van der Waals surface area (Å²) < 4.78 is 3.27. The number of fused-ring (bicyclic) bond motifs is 6. The molecular weight excluding hydrogens is 540 g/mol. The summed E-state index contributed by atoms with van der Waals surface area (Å²) in [7, 11) is 0. The Morgan fingerprint density at radius 2 is 1.21 bits per heavy atom. The van der Waals surface area contributed by atoms with Crippen molar-refractivity contribution in [3.63, 3.8) is 0 Å². The molecule has 0 N–H and O–H groups in total. The number of nitrogens with zero attached hydrogens (tertiary/aromatic N) is 2. The second-order valence-corrected chi connectivity index (χ2v) is 11.0. The van der Waals surface area contributed by atoms with Crippen LogP contribution in [0.25, 0.3) is 38.8 Å². The average Bonchev–Trinajstić information content (AvgIpc) is 3.48. The lowest BCUT2D eigenvalue weighted by Gasteiger charge is -2.34. The number of rotatable bonds is 3. The summed E-state index contributed by atoms with van der Waals surface area (Å²) in [6, 6.07) is 48.5. The van der Waals surface area contributed by atoms with E-state index < -0.39 is 5.41 Å². The van der Waals surface area contributed by atoms with Crippen LogP contribution in [0, 0.1) is 0 Å². The van der Waals surface area contributed by atoms with Crippen LogP contribution in [0.4, 0.5) is 0 Å². The van der Waals surface area contributed by atoms with Gasteiger partial charge in [-0.2, -0.15) is 0 Å². The topological polar surface area (TPSA) is 17.8 Å². The Balaban J connectivity index is 1.57. The van der Waals surface area contributed by atoms with Gasteiger partial charge in [0.1, 0.15) is 5.82 Å².